The monoisotopic (exact) mass is 391 g/mol. The Morgan fingerprint density at radius 3 is 2.59 bits per heavy atom. The highest BCUT2D eigenvalue weighted by Crippen LogP contribution is 2.21. The topological polar surface area (TPSA) is 71.8 Å². The summed E-state index contributed by atoms with van der Waals surface area (Å²) >= 11 is 0. The zero-order valence-electron chi connectivity index (χ0n) is 16.2. The Kier molecular flexibility index (Phi) is 8.25. The van der Waals surface area contributed by atoms with Crippen molar-refractivity contribution in [2.75, 3.05) is 18.4 Å². The number of aromatic nitrogens is 3. The van der Waals surface area contributed by atoms with Gasteiger partial charge in [0.25, 0.3) is 5.91 Å². The number of nitrogens with one attached hydrogen (secondary N) is 2. The van der Waals surface area contributed by atoms with Gasteiger partial charge in [0.15, 0.2) is 5.69 Å². The highest BCUT2D eigenvalue weighted by Gasteiger charge is 2.22. The summed E-state index contributed by atoms with van der Waals surface area (Å²) in [4.78, 5) is 12.6. The molecule has 0 unspecified atom stereocenters. The van der Waals surface area contributed by atoms with E-state index in [1.807, 2.05) is 23.7 Å². The molecule has 1 aliphatic rings. The maximum Gasteiger partial charge on any atom is 0.278 e. The summed E-state index contributed by atoms with van der Waals surface area (Å²) in [5.41, 5.74) is 3.36. The molecule has 2 aromatic rings. The molecule has 1 aromatic carbocycles. The minimum absolute atomic E-state index is 0. The molecular formula is C20H30ClN5O. The van der Waals surface area contributed by atoms with Gasteiger partial charge in [0.05, 0.1) is 11.7 Å². The van der Waals surface area contributed by atoms with Gasteiger partial charge >= 0.3 is 0 Å². The number of anilines is 1. The molecule has 3 rings (SSSR count). The van der Waals surface area contributed by atoms with Crippen molar-refractivity contribution < 1.29 is 4.79 Å². The number of amides is 1. The molecule has 148 valence electrons. The van der Waals surface area contributed by atoms with Crippen molar-refractivity contribution in [3.63, 3.8) is 0 Å². The fourth-order valence-corrected chi connectivity index (χ4v) is 3.47. The number of rotatable bonds is 7. The molecule has 6 nitrogen and oxygen atoms in total. The van der Waals surface area contributed by atoms with Crippen molar-refractivity contribution in [3.05, 3.63) is 41.2 Å². The average Bonchev–Trinajstić information content (AvgIpc) is 3.05. The van der Waals surface area contributed by atoms with Crippen LogP contribution >= 0.6 is 12.4 Å². The Labute approximate surface area is 167 Å². The molecular weight excluding hydrogens is 362 g/mol. The molecule has 1 amide bonds. The Balaban J connectivity index is 0.00000261. The number of hydrogen-bond acceptors (Lipinski definition) is 4. The normalized spacial score (nSPS) is 14.6. The van der Waals surface area contributed by atoms with Crippen LogP contribution in [0.15, 0.2) is 24.3 Å². The fourth-order valence-electron chi connectivity index (χ4n) is 3.47. The zero-order valence-corrected chi connectivity index (χ0v) is 17.0. The van der Waals surface area contributed by atoms with Crippen molar-refractivity contribution in [1.82, 2.24) is 20.3 Å². The number of aryl methyl sites for hydroxylation is 1. The van der Waals surface area contributed by atoms with Gasteiger partial charge in [-0.2, -0.15) is 0 Å². The van der Waals surface area contributed by atoms with Gasteiger partial charge in [0.1, 0.15) is 0 Å². The van der Waals surface area contributed by atoms with Crippen LogP contribution in [0.2, 0.25) is 0 Å². The molecule has 0 spiro atoms. The number of piperidine rings is 1. The lowest BCUT2D eigenvalue weighted by atomic mass is 10.1. The standard InChI is InChI=1S/C20H29N5O.ClH/c1-3-4-5-6-16-7-9-17(10-8-16)22-20(26)19-15(2)25(24-23-19)18-11-13-21-14-12-18;/h7-10,18,21H,3-6,11-14H2,1-2H3,(H,22,26);1H. The summed E-state index contributed by atoms with van der Waals surface area (Å²) in [6.45, 7) is 6.10. The minimum Gasteiger partial charge on any atom is -0.321 e. The van der Waals surface area contributed by atoms with Gasteiger partial charge in [0, 0.05) is 5.69 Å². The fraction of sp³-hybridized carbons (Fsp3) is 0.550. The molecule has 0 aliphatic carbocycles. The van der Waals surface area contributed by atoms with Crippen LogP contribution in [0.25, 0.3) is 0 Å². The summed E-state index contributed by atoms with van der Waals surface area (Å²) in [5.74, 6) is -0.193. The number of carbonyl (C=O) groups is 1. The molecule has 1 aromatic heterocycles. The number of carbonyl (C=O) groups excluding carboxylic acids is 1. The van der Waals surface area contributed by atoms with Crippen LogP contribution in [0.4, 0.5) is 5.69 Å². The quantitative estimate of drug-likeness (QED) is 0.701. The molecule has 0 atom stereocenters. The first-order valence-corrected chi connectivity index (χ1v) is 9.72. The van der Waals surface area contributed by atoms with E-state index in [-0.39, 0.29) is 18.3 Å². The Hall–Kier alpha value is -1.92. The van der Waals surface area contributed by atoms with E-state index < -0.39 is 0 Å². The lowest BCUT2D eigenvalue weighted by molar-refractivity contribution is 0.102. The number of halogens is 1. The summed E-state index contributed by atoms with van der Waals surface area (Å²) in [7, 11) is 0. The first-order valence-electron chi connectivity index (χ1n) is 9.72. The molecule has 7 heteroatoms. The summed E-state index contributed by atoms with van der Waals surface area (Å²) in [6.07, 6.45) is 6.82. The molecule has 0 radical (unpaired) electrons. The van der Waals surface area contributed by atoms with E-state index in [1.54, 1.807) is 0 Å². The predicted molar refractivity (Wildman–Crippen MR) is 111 cm³/mol. The number of nitrogens with zero attached hydrogens (tertiary/aromatic N) is 3. The zero-order chi connectivity index (χ0) is 18.4. The van der Waals surface area contributed by atoms with E-state index in [0.717, 1.165) is 43.7 Å². The van der Waals surface area contributed by atoms with Gasteiger partial charge in [-0.05, 0) is 63.4 Å². The average molecular weight is 392 g/mol. The largest absolute Gasteiger partial charge is 0.321 e. The van der Waals surface area contributed by atoms with Crippen LogP contribution in [0.3, 0.4) is 0 Å². The third-order valence-corrected chi connectivity index (χ3v) is 5.08. The molecule has 2 heterocycles. The molecule has 1 saturated heterocycles. The van der Waals surface area contributed by atoms with Crippen molar-refractivity contribution in [1.29, 1.82) is 0 Å². The first kappa shape index (κ1) is 21.4. The second-order valence-electron chi connectivity index (χ2n) is 7.06. The molecule has 2 N–H and O–H groups in total. The van der Waals surface area contributed by atoms with Crippen molar-refractivity contribution in [2.24, 2.45) is 0 Å². The second-order valence-corrected chi connectivity index (χ2v) is 7.06. The predicted octanol–water partition coefficient (Wildman–Crippen LogP) is 3.92. The van der Waals surface area contributed by atoms with E-state index in [9.17, 15) is 4.79 Å². The third kappa shape index (κ3) is 5.53. The molecule has 0 bridgehead atoms. The Bertz CT molecular complexity index is 722. The van der Waals surface area contributed by atoms with E-state index in [1.165, 1.54) is 24.8 Å². The van der Waals surface area contributed by atoms with E-state index >= 15 is 0 Å². The Morgan fingerprint density at radius 2 is 1.93 bits per heavy atom. The molecule has 1 fully saturated rings. The van der Waals surface area contributed by atoms with Crippen LogP contribution in [-0.2, 0) is 6.42 Å². The van der Waals surface area contributed by atoms with E-state index in [4.69, 9.17) is 0 Å². The third-order valence-electron chi connectivity index (χ3n) is 5.08. The maximum atomic E-state index is 12.6. The van der Waals surface area contributed by atoms with Gasteiger partial charge in [-0.15, -0.1) is 17.5 Å². The SMILES string of the molecule is CCCCCc1ccc(NC(=O)c2nnn(C3CCNCC3)c2C)cc1.Cl. The van der Waals surface area contributed by atoms with Crippen molar-refractivity contribution >= 4 is 24.0 Å². The van der Waals surface area contributed by atoms with E-state index in [2.05, 4.69) is 40.0 Å². The number of benzene rings is 1. The summed E-state index contributed by atoms with van der Waals surface area (Å²) in [6, 6.07) is 8.43. The van der Waals surface area contributed by atoms with Crippen LogP contribution in [0, 0.1) is 6.92 Å². The number of hydrogen-bond donors (Lipinski definition) is 2. The van der Waals surface area contributed by atoms with Crippen LogP contribution in [-0.4, -0.2) is 34.0 Å². The van der Waals surface area contributed by atoms with Gasteiger partial charge in [-0.25, -0.2) is 4.68 Å². The number of unbranched alkanes of at least 4 members (excludes halogenated alkanes) is 2. The van der Waals surface area contributed by atoms with Gasteiger partial charge in [-0.1, -0.05) is 37.1 Å². The van der Waals surface area contributed by atoms with Crippen molar-refractivity contribution in [3.8, 4) is 0 Å². The van der Waals surface area contributed by atoms with Crippen LogP contribution in [0.5, 0.6) is 0 Å². The smallest absolute Gasteiger partial charge is 0.278 e. The van der Waals surface area contributed by atoms with Crippen LogP contribution in [0.1, 0.15) is 66.8 Å². The first-order chi connectivity index (χ1) is 12.7. The van der Waals surface area contributed by atoms with Gasteiger partial charge in [0.2, 0.25) is 0 Å². The summed E-state index contributed by atoms with van der Waals surface area (Å²) in [5, 5.41) is 14.7. The Morgan fingerprint density at radius 1 is 1.22 bits per heavy atom. The van der Waals surface area contributed by atoms with Gasteiger partial charge in [-0.3, -0.25) is 4.79 Å². The minimum atomic E-state index is -0.193. The highest BCUT2D eigenvalue weighted by atomic mass is 35.5. The highest BCUT2D eigenvalue weighted by molar-refractivity contribution is 6.03. The molecule has 1 aliphatic heterocycles. The molecule has 27 heavy (non-hydrogen) atoms. The lowest BCUT2D eigenvalue weighted by Gasteiger charge is -2.23. The van der Waals surface area contributed by atoms with Crippen LogP contribution < -0.4 is 10.6 Å². The molecule has 0 saturated carbocycles. The van der Waals surface area contributed by atoms with Crippen molar-refractivity contribution in [2.45, 2.75) is 58.4 Å². The summed E-state index contributed by atoms with van der Waals surface area (Å²) < 4.78 is 1.91. The second kappa shape index (κ2) is 10.4. The van der Waals surface area contributed by atoms with E-state index in [0.29, 0.717) is 11.7 Å². The van der Waals surface area contributed by atoms with Gasteiger partial charge < -0.3 is 10.6 Å². The lowest BCUT2D eigenvalue weighted by Crippen LogP contribution is -2.30. The maximum absolute atomic E-state index is 12.6.